The third kappa shape index (κ3) is 4.81. The first-order valence-electron chi connectivity index (χ1n) is 8.22. The van der Waals surface area contributed by atoms with Crippen molar-refractivity contribution in [1.82, 2.24) is 0 Å². The lowest BCUT2D eigenvalue weighted by Crippen LogP contribution is -2.13. The Balaban J connectivity index is 2.17. The van der Waals surface area contributed by atoms with E-state index in [1.807, 2.05) is 38.1 Å². The number of benzene rings is 2. The van der Waals surface area contributed by atoms with Crippen molar-refractivity contribution in [3.05, 3.63) is 70.3 Å². The Morgan fingerprint density at radius 3 is 2.46 bits per heavy atom. The molecule has 0 aliphatic rings. The number of nitrogens with one attached hydrogen (secondary N) is 1. The van der Waals surface area contributed by atoms with Crippen molar-refractivity contribution in [2.75, 3.05) is 11.9 Å². The largest absolute Gasteiger partial charge is 0.462 e. The third-order valence-electron chi connectivity index (χ3n) is 3.75. The molecular formula is C21H20N2O3. The zero-order valence-electron chi connectivity index (χ0n) is 15.0. The summed E-state index contributed by atoms with van der Waals surface area (Å²) >= 11 is 0. The molecule has 26 heavy (non-hydrogen) atoms. The molecule has 1 N–H and O–H groups in total. The standard InChI is InChI=1S/C21H20N2O3/c1-4-26-21(25)16-7-9-19(10-8-16)23-20(24)18(13-22)12-17-11-14(2)5-6-15(17)3/h5-12H,4H2,1-3H3,(H,23,24)/b18-12+. The maximum Gasteiger partial charge on any atom is 0.338 e. The molecule has 0 aliphatic carbocycles. The van der Waals surface area contributed by atoms with Crippen LogP contribution in [0.25, 0.3) is 6.08 Å². The van der Waals surface area contributed by atoms with Crippen molar-refractivity contribution < 1.29 is 14.3 Å². The molecule has 0 aromatic heterocycles. The van der Waals surface area contributed by atoms with Gasteiger partial charge in [-0.15, -0.1) is 0 Å². The summed E-state index contributed by atoms with van der Waals surface area (Å²) in [6, 6.07) is 14.1. The molecular weight excluding hydrogens is 328 g/mol. The topological polar surface area (TPSA) is 79.2 Å². The zero-order valence-corrected chi connectivity index (χ0v) is 15.0. The van der Waals surface area contributed by atoms with E-state index in [0.717, 1.165) is 16.7 Å². The van der Waals surface area contributed by atoms with Crippen molar-refractivity contribution in [2.45, 2.75) is 20.8 Å². The first kappa shape index (κ1) is 18.9. The number of rotatable bonds is 5. The molecule has 0 bridgehead atoms. The van der Waals surface area contributed by atoms with Gasteiger partial charge in [0.15, 0.2) is 0 Å². The summed E-state index contributed by atoms with van der Waals surface area (Å²) in [7, 11) is 0. The van der Waals surface area contributed by atoms with Crippen molar-refractivity contribution in [3.63, 3.8) is 0 Å². The molecule has 0 heterocycles. The molecule has 0 spiro atoms. The van der Waals surface area contributed by atoms with Gasteiger partial charge in [0.1, 0.15) is 11.6 Å². The number of esters is 1. The first-order valence-corrected chi connectivity index (χ1v) is 8.22. The Morgan fingerprint density at radius 2 is 1.85 bits per heavy atom. The second kappa shape index (κ2) is 8.63. The van der Waals surface area contributed by atoms with Crippen LogP contribution >= 0.6 is 0 Å². The minimum Gasteiger partial charge on any atom is -0.462 e. The molecule has 0 saturated carbocycles. The summed E-state index contributed by atoms with van der Waals surface area (Å²) < 4.78 is 4.91. The molecule has 2 rings (SSSR count). The smallest absolute Gasteiger partial charge is 0.338 e. The summed E-state index contributed by atoms with van der Waals surface area (Å²) in [4.78, 5) is 24.0. The average Bonchev–Trinajstić information content (AvgIpc) is 2.63. The fourth-order valence-electron chi connectivity index (χ4n) is 2.32. The normalized spacial score (nSPS) is 10.8. The number of amides is 1. The predicted octanol–water partition coefficient (Wildman–Crippen LogP) is 4.03. The van der Waals surface area contributed by atoms with E-state index in [4.69, 9.17) is 4.74 Å². The monoisotopic (exact) mass is 348 g/mol. The molecule has 132 valence electrons. The maximum absolute atomic E-state index is 12.4. The number of carbonyl (C=O) groups is 2. The second-order valence-electron chi connectivity index (χ2n) is 5.78. The van der Waals surface area contributed by atoms with Crippen LogP contribution in [-0.4, -0.2) is 18.5 Å². The summed E-state index contributed by atoms with van der Waals surface area (Å²) in [5.41, 5.74) is 3.76. The quantitative estimate of drug-likeness (QED) is 0.503. The number of hydrogen-bond donors (Lipinski definition) is 1. The van der Waals surface area contributed by atoms with Gasteiger partial charge < -0.3 is 10.1 Å². The van der Waals surface area contributed by atoms with E-state index in [1.165, 1.54) is 0 Å². The lowest BCUT2D eigenvalue weighted by Gasteiger charge is -2.07. The van der Waals surface area contributed by atoms with Crippen LogP contribution in [-0.2, 0) is 9.53 Å². The molecule has 2 aromatic rings. The molecule has 0 atom stereocenters. The fourth-order valence-corrected chi connectivity index (χ4v) is 2.32. The van der Waals surface area contributed by atoms with E-state index < -0.39 is 11.9 Å². The highest BCUT2D eigenvalue weighted by Crippen LogP contribution is 2.16. The average molecular weight is 348 g/mol. The van der Waals surface area contributed by atoms with E-state index in [0.29, 0.717) is 17.9 Å². The summed E-state index contributed by atoms with van der Waals surface area (Å²) in [5.74, 6) is -0.921. The van der Waals surface area contributed by atoms with Crippen LogP contribution in [0.15, 0.2) is 48.0 Å². The van der Waals surface area contributed by atoms with Crippen molar-refractivity contribution in [2.24, 2.45) is 0 Å². The Hall–Kier alpha value is -3.39. The van der Waals surface area contributed by atoms with Gasteiger partial charge in [0.25, 0.3) is 5.91 Å². The van der Waals surface area contributed by atoms with E-state index in [2.05, 4.69) is 5.32 Å². The van der Waals surface area contributed by atoms with Crippen LogP contribution in [0.3, 0.4) is 0 Å². The van der Waals surface area contributed by atoms with Crippen LogP contribution in [0.5, 0.6) is 0 Å². The van der Waals surface area contributed by atoms with Gasteiger partial charge in [0, 0.05) is 5.69 Å². The zero-order chi connectivity index (χ0) is 19.1. The van der Waals surface area contributed by atoms with Crippen molar-refractivity contribution >= 4 is 23.6 Å². The number of aryl methyl sites for hydroxylation is 2. The number of hydrogen-bond acceptors (Lipinski definition) is 4. The highest BCUT2D eigenvalue weighted by Gasteiger charge is 2.11. The van der Waals surface area contributed by atoms with Gasteiger partial charge in [0.2, 0.25) is 0 Å². The van der Waals surface area contributed by atoms with Crippen LogP contribution in [0.4, 0.5) is 5.69 Å². The van der Waals surface area contributed by atoms with Crippen LogP contribution in [0.2, 0.25) is 0 Å². The van der Waals surface area contributed by atoms with Gasteiger partial charge in [0.05, 0.1) is 12.2 Å². The first-order chi connectivity index (χ1) is 12.4. The molecule has 0 saturated heterocycles. The van der Waals surface area contributed by atoms with Crippen LogP contribution in [0.1, 0.15) is 34.0 Å². The molecule has 1 amide bonds. The van der Waals surface area contributed by atoms with Gasteiger partial charge in [-0.3, -0.25) is 4.79 Å². The Labute approximate surface area is 152 Å². The summed E-state index contributed by atoms with van der Waals surface area (Å²) in [6.07, 6.45) is 1.57. The minimum atomic E-state index is -0.503. The molecule has 0 aliphatic heterocycles. The number of anilines is 1. The minimum absolute atomic E-state index is 0.00756. The van der Waals surface area contributed by atoms with Gasteiger partial charge >= 0.3 is 5.97 Å². The summed E-state index contributed by atoms with van der Waals surface area (Å²) in [6.45, 7) is 5.91. The van der Waals surface area contributed by atoms with E-state index >= 15 is 0 Å². The number of carbonyl (C=O) groups excluding carboxylic acids is 2. The SMILES string of the molecule is CCOC(=O)c1ccc(NC(=O)/C(C#N)=C/c2cc(C)ccc2C)cc1. The number of nitriles is 1. The molecule has 5 nitrogen and oxygen atoms in total. The molecule has 2 aromatic carbocycles. The van der Waals surface area contributed by atoms with E-state index in [1.54, 1.807) is 37.3 Å². The number of ether oxygens (including phenoxy) is 1. The predicted molar refractivity (Wildman–Crippen MR) is 101 cm³/mol. The van der Waals surface area contributed by atoms with Gasteiger partial charge in [-0.1, -0.05) is 23.8 Å². The Bertz CT molecular complexity index is 890. The lowest BCUT2D eigenvalue weighted by molar-refractivity contribution is -0.112. The van der Waals surface area contributed by atoms with E-state index in [-0.39, 0.29) is 5.57 Å². The maximum atomic E-state index is 12.4. The third-order valence-corrected chi connectivity index (χ3v) is 3.75. The molecule has 0 unspecified atom stereocenters. The summed E-state index contributed by atoms with van der Waals surface area (Å²) in [5, 5.41) is 12.0. The molecule has 0 fully saturated rings. The van der Waals surface area contributed by atoms with Crippen LogP contribution in [0, 0.1) is 25.2 Å². The highest BCUT2D eigenvalue weighted by atomic mass is 16.5. The Kier molecular flexibility index (Phi) is 6.29. The van der Waals surface area contributed by atoms with Crippen molar-refractivity contribution in [1.29, 1.82) is 5.26 Å². The highest BCUT2D eigenvalue weighted by molar-refractivity contribution is 6.09. The van der Waals surface area contributed by atoms with Gasteiger partial charge in [-0.25, -0.2) is 4.79 Å². The fraction of sp³-hybridized carbons (Fsp3) is 0.190. The van der Waals surface area contributed by atoms with Crippen molar-refractivity contribution in [3.8, 4) is 6.07 Å². The number of nitrogens with zero attached hydrogens (tertiary/aromatic N) is 1. The molecule has 5 heteroatoms. The Morgan fingerprint density at radius 1 is 1.15 bits per heavy atom. The molecule has 0 radical (unpaired) electrons. The van der Waals surface area contributed by atoms with Gasteiger partial charge in [-0.2, -0.15) is 5.26 Å². The van der Waals surface area contributed by atoms with Gasteiger partial charge in [-0.05, 0) is 62.2 Å². The lowest BCUT2D eigenvalue weighted by atomic mass is 10.0. The van der Waals surface area contributed by atoms with E-state index in [9.17, 15) is 14.9 Å². The van der Waals surface area contributed by atoms with Crippen LogP contribution < -0.4 is 5.32 Å². The second-order valence-corrected chi connectivity index (χ2v) is 5.78.